The number of hydrogen-bond acceptors (Lipinski definition) is 4. The van der Waals surface area contributed by atoms with E-state index < -0.39 is 5.91 Å². The first kappa shape index (κ1) is 23.2. The Morgan fingerprint density at radius 2 is 1.91 bits per heavy atom. The number of amides is 1. The van der Waals surface area contributed by atoms with Crippen molar-refractivity contribution in [3.8, 4) is 5.69 Å². The lowest BCUT2D eigenvalue weighted by Crippen LogP contribution is -2.35. The summed E-state index contributed by atoms with van der Waals surface area (Å²) >= 11 is 1.37. The maximum Gasteiger partial charge on any atom is 0.283 e. The van der Waals surface area contributed by atoms with Crippen molar-refractivity contribution in [3.63, 3.8) is 0 Å². The van der Waals surface area contributed by atoms with Gasteiger partial charge in [-0.1, -0.05) is 44.7 Å². The third-order valence-corrected chi connectivity index (χ3v) is 6.82. The number of aliphatic imine (C=N–C) groups is 1. The fourth-order valence-electron chi connectivity index (χ4n) is 4.11. The van der Waals surface area contributed by atoms with Gasteiger partial charge < -0.3 is 4.57 Å². The minimum Gasteiger partial charge on any atom is -0.315 e. The molecule has 172 valence electrons. The highest BCUT2D eigenvalue weighted by Gasteiger charge is 2.35. The summed E-state index contributed by atoms with van der Waals surface area (Å²) in [7, 11) is 0. The zero-order valence-electron chi connectivity index (χ0n) is 19.2. The lowest BCUT2D eigenvalue weighted by atomic mass is 10.1. The molecular weight excluding hydrogens is 437 g/mol. The summed E-state index contributed by atoms with van der Waals surface area (Å²) in [4.78, 5) is 17.0. The summed E-state index contributed by atoms with van der Waals surface area (Å²) in [5.74, 6) is -0.747. The number of thioether (sulfide) groups is 1. The van der Waals surface area contributed by atoms with Crippen molar-refractivity contribution in [2.45, 2.75) is 59.3 Å². The first-order valence-corrected chi connectivity index (χ1v) is 12.1. The first-order chi connectivity index (χ1) is 15.9. The molecule has 1 aromatic carbocycles. The monoisotopic (exact) mass is 465 g/mol. The molecule has 0 radical (unpaired) electrons. The number of hydrazone groups is 1. The van der Waals surface area contributed by atoms with Crippen LogP contribution in [0.5, 0.6) is 0 Å². The molecule has 1 amide bonds. The van der Waals surface area contributed by atoms with E-state index in [1.165, 1.54) is 42.1 Å². The van der Waals surface area contributed by atoms with Gasteiger partial charge >= 0.3 is 0 Å². The fourth-order valence-corrected chi connectivity index (χ4v) is 5.03. The largest absolute Gasteiger partial charge is 0.315 e. The van der Waals surface area contributed by atoms with Crippen LogP contribution in [0.3, 0.4) is 0 Å². The second kappa shape index (κ2) is 9.87. The van der Waals surface area contributed by atoms with Crippen LogP contribution in [0.2, 0.25) is 0 Å². The van der Waals surface area contributed by atoms with Crippen LogP contribution in [0.4, 0.5) is 4.39 Å². The molecule has 0 saturated carbocycles. The average Bonchev–Trinajstić information content (AvgIpc) is 3.31. The van der Waals surface area contributed by atoms with Crippen molar-refractivity contribution in [2.24, 2.45) is 10.1 Å². The van der Waals surface area contributed by atoms with Gasteiger partial charge in [0.2, 0.25) is 5.17 Å². The number of carbonyl (C=O) groups is 1. The Morgan fingerprint density at radius 3 is 2.67 bits per heavy atom. The Bertz CT molecular complexity index is 1190. The van der Waals surface area contributed by atoms with Gasteiger partial charge in [-0.05, 0) is 68.3 Å². The van der Waals surface area contributed by atoms with Crippen LogP contribution in [0.15, 0.2) is 46.0 Å². The summed E-state index contributed by atoms with van der Waals surface area (Å²) in [6.07, 6.45) is 8.34. The maximum atomic E-state index is 14.4. The first-order valence-electron chi connectivity index (χ1n) is 11.3. The van der Waals surface area contributed by atoms with Gasteiger partial charge in [0.25, 0.3) is 5.91 Å². The number of para-hydroxylation sites is 1. The molecule has 0 spiro atoms. The number of aryl methyl sites for hydroxylation is 1. The predicted molar refractivity (Wildman–Crippen MR) is 134 cm³/mol. The van der Waals surface area contributed by atoms with E-state index in [1.807, 2.05) is 24.5 Å². The van der Waals surface area contributed by atoms with E-state index in [0.29, 0.717) is 10.9 Å². The Labute approximate surface area is 197 Å². The Kier molecular flexibility index (Phi) is 6.93. The number of carbonyl (C=O) groups excluding carboxylic acids is 1. The molecule has 33 heavy (non-hydrogen) atoms. The summed E-state index contributed by atoms with van der Waals surface area (Å²) in [5.41, 5.74) is 3.00. The molecule has 1 N–H and O–H groups in total. The SMILES string of the molecule is CCCCCCCC1=NN2C(=N)C(=Cc3cc(C)n(-c4ccccc4F)c3C)C(=O)N=C2S1. The van der Waals surface area contributed by atoms with Gasteiger partial charge in [0.15, 0.2) is 5.84 Å². The summed E-state index contributed by atoms with van der Waals surface area (Å²) in [6.45, 7) is 5.95. The standard InChI is InChI=1S/C25H28FN5OS/c1-4-5-6-7-8-13-22-29-31-23(27)19(24(32)28-25(31)33-22)15-18-14-16(2)30(17(18)3)21-12-10-9-11-20(21)26/h9-12,14-15,27H,4-8,13H2,1-3H3. The Balaban J connectivity index is 1.57. The number of nitrogens with one attached hydrogen (secondary N) is 1. The second-order valence-electron chi connectivity index (χ2n) is 8.29. The van der Waals surface area contributed by atoms with Gasteiger partial charge in [-0.25, -0.2) is 4.39 Å². The van der Waals surface area contributed by atoms with Gasteiger partial charge in [0.05, 0.1) is 11.3 Å². The van der Waals surface area contributed by atoms with Crippen LogP contribution in [0.1, 0.15) is 62.4 Å². The number of rotatable bonds is 8. The quantitative estimate of drug-likeness (QED) is 0.372. The molecule has 0 aliphatic carbocycles. The molecule has 0 unspecified atom stereocenters. The van der Waals surface area contributed by atoms with E-state index in [2.05, 4.69) is 17.0 Å². The van der Waals surface area contributed by atoms with Crippen LogP contribution in [-0.2, 0) is 4.79 Å². The van der Waals surface area contributed by atoms with Crippen molar-refractivity contribution in [1.82, 2.24) is 9.58 Å². The van der Waals surface area contributed by atoms with E-state index in [9.17, 15) is 9.18 Å². The van der Waals surface area contributed by atoms with Crippen LogP contribution in [0, 0.1) is 25.1 Å². The van der Waals surface area contributed by atoms with Crippen LogP contribution >= 0.6 is 11.8 Å². The average molecular weight is 466 g/mol. The summed E-state index contributed by atoms with van der Waals surface area (Å²) in [5, 5.41) is 15.9. The van der Waals surface area contributed by atoms with E-state index in [1.54, 1.807) is 24.3 Å². The molecule has 2 aliphatic rings. The van der Waals surface area contributed by atoms with Gasteiger partial charge in [-0.2, -0.15) is 15.1 Å². The zero-order chi connectivity index (χ0) is 23.5. The molecule has 0 fully saturated rings. The van der Waals surface area contributed by atoms with Crippen molar-refractivity contribution in [2.75, 3.05) is 0 Å². The number of halogens is 1. The highest BCUT2D eigenvalue weighted by molar-refractivity contribution is 8.26. The number of nitrogens with zero attached hydrogens (tertiary/aromatic N) is 4. The number of fused-ring (bicyclic) bond motifs is 1. The lowest BCUT2D eigenvalue weighted by Gasteiger charge is -2.20. The highest BCUT2D eigenvalue weighted by Crippen LogP contribution is 2.31. The molecule has 2 aliphatic heterocycles. The Morgan fingerprint density at radius 1 is 1.15 bits per heavy atom. The summed E-state index contributed by atoms with van der Waals surface area (Å²) < 4.78 is 16.2. The number of aromatic nitrogens is 1. The number of unbranched alkanes of at least 4 members (excludes halogenated alkanes) is 4. The molecule has 3 heterocycles. The molecule has 6 nitrogen and oxygen atoms in total. The van der Waals surface area contributed by atoms with Gasteiger partial charge in [0, 0.05) is 11.4 Å². The second-order valence-corrected chi connectivity index (χ2v) is 9.33. The number of benzene rings is 1. The van der Waals surface area contributed by atoms with Crippen LogP contribution < -0.4 is 0 Å². The maximum absolute atomic E-state index is 14.4. The lowest BCUT2D eigenvalue weighted by molar-refractivity contribution is -0.114. The van der Waals surface area contributed by atoms with Crippen molar-refractivity contribution in [1.29, 1.82) is 5.41 Å². The molecular formula is C25H28FN5OS. The number of hydrogen-bond donors (Lipinski definition) is 1. The molecule has 1 aromatic heterocycles. The summed E-state index contributed by atoms with van der Waals surface area (Å²) in [6, 6.07) is 8.47. The molecule has 0 saturated heterocycles. The normalized spacial score (nSPS) is 17.0. The Hall–Kier alpha value is -3.00. The van der Waals surface area contributed by atoms with Crippen LogP contribution in [0.25, 0.3) is 11.8 Å². The molecule has 2 aromatic rings. The highest BCUT2D eigenvalue weighted by atomic mass is 32.2. The predicted octanol–water partition coefficient (Wildman–Crippen LogP) is 6.21. The van der Waals surface area contributed by atoms with E-state index in [4.69, 9.17) is 5.41 Å². The van der Waals surface area contributed by atoms with Gasteiger partial charge in [-0.15, -0.1) is 0 Å². The number of amidine groups is 2. The van der Waals surface area contributed by atoms with Crippen molar-refractivity contribution in [3.05, 3.63) is 58.7 Å². The molecule has 0 bridgehead atoms. The van der Waals surface area contributed by atoms with Crippen LogP contribution in [-0.4, -0.2) is 31.5 Å². The zero-order valence-corrected chi connectivity index (χ0v) is 20.0. The molecule has 8 heteroatoms. The van der Waals surface area contributed by atoms with Gasteiger partial charge in [0.1, 0.15) is 10.9 Å². The third-order valence-electron chi connectivity index (χ3n) is 5.85. The van der Waals surface area contributed by atoms with Crippen molar-refractivity contribution < 1.29 is 9.18 Å². The van der Waals surface area contributed by atoms with E-state index in [-0.39, 0.29) is 17.2 Å². The molecule has 4 rings (SSSR count). The topological polar surface area (TPSA) is 73.8 Å². The third kappa shape index (κ3) is 4.71. The molecule has 0 atom stereocenters. The minimum absolute atomic E-state index is 0.0224. The smallest absolute Gasteiger partial charge is 0.283 e. The van der Waals surface area contributed by atoms with Gasteiger partial charge in [-0.3, -0.25) is 10.2 Å². The van der Waals surface area contributed by atoms with Crippen molar-refractivity contribution >= 4 is 39.8 Å². The minimum atomic E-state index is -0.450. The van der Waals surface area contributed by atoms with E-state index in [0.717, 1.165) is 41.3 Å². The fraction of sp³-hybridized carbons (Fsp3) is 0.360. The van der Waals surface area contributed by atoms with E-state index >= 15 is 0 Å².